The maximum absolute atomic E-state index is 11.8. The molecule has 1 aromatic carbocycles. The molecule has 106 valence electrons. The summed E-state index contributed by atoms with van der Waals surface area (Å²) < 4.78 is 12.2. The van der Waals surface area contributed by atoms with Gasteiger partial charge in [0.1, 0.15) is 12.4 Å². The van der Waals surface area contributed by atoms with Crippen LogP contribution >= 0.6 is 31.9 Å². The summed E-state index contributed by atoms with van der Waals surface area (Å²) >= 11 is 6.76. The van der Waals surface area contributed by atoms with Gasteiger partial charge >= 0.3 is 0 Å². The molecule has 1 rings (SSSR count). The Kier molecular flexibility index (Phi) is 5.82. The zero-order valence-corrected chi connectivity index (χ0v) is 14.5. The molecule has 1 aromatic rings. The number of hydrogen-bond donors (Lipinski definition) is 1. The lowest BCUT2D eigenvalue weighted by Gasteiger charge is -2.19. The lowest BCUT2D eigenvalue weighted by atomic mass is 10.2. The molecule has 0 unspecified atom stereocenters. The number of carbonyl (C=O) groups excluding carboxylic acids is 1. The molecule has 19 heavy (non-hydrogen) atoms. The molecule has 6 heteroatoms. The minimum atomic E-state index is -0.341. The first-order chi connectivity index (χ1) is 8.73. The average molecular weight is 395 g/mol. The fourth-order valence-corrected chi connectivity index (χ4v) is 2.50. The predicted octanol–water partition coefficient (Wildman–Crippen LogP) is 3.97. The number of methoxy groups -OCH3 is 1. The Balaban J connectivity index is 2.74. The molecule has 0 saturated heterocycles. The number of hydrogen-bond acceptors (Lipinski definition) is 3. The third kappa shape index (κ3) is 5.50. The Morgan fingerprint density at radius 2 is 1.89 bits per heavy atom. The van der Waals surface area contributed by atoms with E-state index < -0.39 is 0 Å². The predicted molar refractivity (Wildman–Crippen MR) is 82.7 cm³/mol. The molecule has 1 N–H and O–H groups in total. The number of rotatable bonds is 4. The van der Waals surface area contributed by atoms with Crippen molar-refractivity contribution in [2.24, 2.45) is 0 Å². The second kappa shape index (κ2) is 6.72. The molecule has 0 bridgehead atoms. The number of nitrogens with one attached hydrogen (secondary N) is 1. The number of anilines is 1. The van der Waals surface area contributed by atoms with Crippen LogP contribution in [0.5, 0.6) is 5.75 Å². The highest BCUT2D eigenvalue weighted by Gasteiger charge is 2.14. The number of ether oxygens (including phenoxy) is 2. The number of halogens is 2. The van der Waals surface area contributed by atoms with Crippen LogP contribution in [-0.2, 0) is 9.53 Å². The molecule has 0 atom stereocenters. The molecule has 0 aromatic heterocycles. The van der Waals surface area contributed by atoms with Crippen LogP contribution in [0.15, 0.2) is 21.1 Å². The van der Waals surface area contributed by atoms with Gasteiger partial charge in [-0.15, -0.1) is 0 Å². The zero-order valence-electron chi connectivity index (χ0n) is 11.3. The summed E-state index contributed by atoms with van der Waals surface area (Å²) in [6, 6.07) is 3.56. The summed E-state index contributed by atoms with van der Waals surface area (Å²) in [7, 11) is 1.57. The quantitative estimate of drug-likeness (QED) is 0.840. The van der Waals surface area contributed by atoms with E-state index in [9.17, 15) is 4.79 Å². The molecule has 0 aliphatic heterocycles. The van der Waals surface area contributed by atoms with Crippen molar-refractivity contribution in [3.05, 3.63) is 21.1 Å². The summed E-state index contributed by atoms with van der Waals surface area (Å²) in [4.78, 5) is 11.8. The Labute approximate surface area is 130 Å². The van der Waals surface area contributed by atoms with Gasteiger partial charge in [-0.1, -0.05) is 0 Å². The van der Waals surface area contributed by atoms with Crippen molar-refractivity contribution < 1.29 is 14.3 Å². The zero-order chi connectivity index (χ0) is 14.6. The van der Waals surface area contributed by atoms with Crippen LogP contribution < -0.4 is 10.1 Å². The minimum Gasteiger partial charge on any atom is -0.495 e. The highest BCUT2D eigenvalue weighted by atomic mass is 79.9. The highest BCUT2D eigenvalue weighted by molar-refractivity contribution is 9.11. The normalized spacial score (nSPS) is 11.3. The summed E-state index contributed by atoms with van der Waals surface area (Å²) in [6.45, 7) is 5.71. The molecule has 0 aliphatic carbocycles. The van der Waals surface area contributed by atoms with Crippen molar-refractivity contribution in [3.63, 3.8) is 0 Å². The van der Waals surface area contributed by atoms with Crippen molar-refractivity contribution in [1.29, 1.82) is 0 Å². The molecule has 0 saturated carbocycles. The Morgan fingerprint density at radius 3 is 2.42 bits per heavy atom. The summed E-state index contributed by atoms with van der Waals surface area (Å²) in [5.74, 6) is 0.440. The van der Waals surface area contributed by atoms with Crippen LogP contribution in [0, 0.1) is 0 Å². The second-order valence-electron chi connectivity index (χ2n) is 4.92. The van der Waals surface area contributed by atoms with Crippen LogP contribution in [0.2, 0.25) is 0 Å². The maximum Gasteiger partial charge on any atom is 0.250 e. The van der Waals surface area contributed by atoms with E-state index in [-0.39, 0.29) is 18.1 Å². The van der Waals surface area contributed by atoms with Gasteiger partial charge in [0, 0.05) is 10.5 Å². The van der Waals surface area contributed by atoms with Gasteiger partial charge in [-0.25, -0.2) is 0 Å². The smallest absolute Gasteiger partial charge is 0.250 e. The van der Waals surface area contributed by atoms with Crippen LogP contribution in [0.3, 0.4) is 0 Å². The molecule has 0 radical (unpaired) electrons. The first-order valence-electron chi connectivity index (χ1n) is 5.70. The molecular formula is C13H17Br2NO3. The fraction of sp³-hybridized carbons (Fsp3) is 0.462. The fourth-order valence-electron chi connectivity index (χ4n) is 1.25. The SMILES string of the molecule is COc1cc(NC(=O)COC(C)(C)C)c(Br)cc1Br. The van der Waals surface area contributed by atoms with Gasteiger partial charge in [-0.3, -0.25) is 4.79 Å². The molecule has 0 fully saturated rings. The number of benzene rings is 1. The topological polar surface area (TPSA) is 47.6 Å². The van der Waals surface area contributed by atoms with Crippen molar-refractivity contribution in [3.8, 4) is 5.75 Å². The lowest BCUT2D eigenvalue weighted by molar-refractivity contribution is -0.125. The van der Waals surface area contributed by atoms with Gasteiger partial charge in [0.2, 0.25) is 5.91 Å². The van der Waals surface area contributed by atoms with Gasteiger partial charge in [-0.05, 0) is 58.7 Å². The van der Waals surface area contributed by atoms with Crippen LogP contribution in [-0.4, -0.2) is 25.2 Å². The molecule has 0 heterocycles. The van der Waals surface area contributed by atoms with Crippen molar-refractivity contribution in [2.75, 3.05) is 19.0 Å². The molecular weight excluding hydrogens is 378 g/mol. The third-order valence-corrected chi connectivity index (χ3v) is 3.43. The van der Waals surface area contributed by atoms with Crippen molar-refractivity contribution >= 4 is 43.5 Å². The maximum atomic E-state index is 11.8. The minimum absolute atomic E-state index is 0.00825. The van der Waals surface area contributed by atoms with Crippen molar-refractivity contribution in [2.45, 2.75) is 26.4 Å². The molecule has 0 aliphatic rings. The highest BCUT2D eigenvalue weighted by Crippen LogP contribution is 2.34. The van der Waals surface area contributed by atoms with Crippen LogP contribution in [0.1, 0.15) is 20.8 Å². The first-order valence-corrected chi connectivity index (χ1v) is 7.28. The van der Waals surface area contributed by atoms with E-state index >= 15 is 0 Å². The third-order valence-electron chi connectivity index (χ3n) is 2.15. The van der Waals surface area contributed by atoms with E-state index in [1.54, 1.807) is 13.2 Å². The van der Waals surface area contributed by atoms with E-state index in [1.807, 2.05) is 26.8 Å². The molecule has 4 nitrogen and oxygen atoms in total. The van der Waals surface area contributed by atoms with Crippen molar-refractivity contribution in [1.82, 2.24) is 0 Å². The largest absolute Gasteiger partial charge is 0.495 e. The van der Waals surface area contributed by atoms with Gasteiger partial charge in [0.05, 0.1) is 22.9 Å². The second-order valence-corrected chi connectivity index (χ2v) is 6.62. The Hall–Kier alpha value is -0.590. The molecule has 0 spiro atoms. The van der Waals surface area contributed by atoms with E-state index in [1.165, 1.54) is 0 Å². The Bertz CT molecular complexity index is 470. The first kappa shape index (κ1) is 16.5. The van der Waals surface area contributed by atoms with Gasteiger partial charge in [-0.2, -0.15) is 0 Å². The summed E-state index contributed by atoms with van der Waals surface area (Å²) in [5, 5.41) is 2.77. The van der Waals surface area contributed by atoms with E-state index in [2.05, 4.69) is 37.2 Å². The standard InChI is InChI=1S/C13H17Br2NO3/c1-13(2,3)19-7-12(17)16-10-6-11(18-4)9(15)5-8(10)14/h5-6H,7H2,1-4H3,(H,16,17). The van der Waals surface area contributed by atoms with Crippen LogP contribution in [0.25, 0.3) is 0 Å². The van der Waals surface area contributed by atoms with Crippen LogP contribution in [0.4, 0.5) is 5.69 Å². The number of carbonyl (C=O) groups is 1. The van der Waals surface area contributed by atoms with Gasteiger partial charge in [0.25, 0.3) is 0 Å². The van der Waals surface area contributed by atoms with E-state index in [4.69, 9.17) is 9.47 Å². The Morgan fingerprint density at radius 1 is 1.26 bits per heavy atom. The number of amides is 1. The summed E-state index contributed by atoms with van der Waals surface area (Å²) in [5.41, 5.74) is 0.300. The monoisotopic (exact) mass is 393 g/mol. The molecule has 1 amide bonds. The van der Waals surface area contributed by atoms with E-state index in [0.29, 0.717) is 11.4 Å². The van der Waals surface area contributed by atoms with Gasteiger partial charge in [0.15, 0.2) is 0 Å². The average Bonchev–Trinajstić information content (AvgIpc) is 2.29. The summed E-state index contributed by atoms with van der Waals surface area (Å²) in [6.07, 6.45) is 0. The lowest BCUT2D eigenvalue weighted by Crippen LogP contribution is -2.27. The van der Waals surface area contributed by atoms with Gasteiger partial charge < -0.3 is 14.8 Å². The van der Waals surface area contributed by atoms with E-state index in [0.717, 1.165) is 8.95 Å².